The number of carbonyl (C=O) groups is 2. The number of pyridine rings is 1. The van der Waals surface area contributed by atoms with E-state index in [4.69, 9.17) is 11.6 Å². The number of hydrazine groups is 1. The maximum atomic E-state index is 12.3. The van der Waals surface area contributed by atoms with Crippen molar-refractivity contribution < 1.29 is 9.59 Å². The molecule has 0 atom stereocenters. The molecule has 4 aromatic rings. The van der Waals surface area contributed by atoms with Gasteiger partial charge in [0.25, 0.3) is 11.8 Å². The van der Waals surface area contributed by atoms with Crippen LogP contribution in [-0.2, 0) is 11.3 Å². The van der Waals surface area contributed by atoms with Gasteiger partial charge in [0.1, 0.15) is 5.69 Å². The molecule has 0 saturated carbocycles. The predicted molar refractivity (Wildman–Crippen MR) is 127 cm³/mol. The van der Waals surface area contributed by atoms with E-state index in [1.807, 2.05) is 53.3 Å². The number of amides is 2. The lowest BCUT2D eigenvalue weighted by atomic mass is 10.1. The predicted octanol–water partition coefficient (Wildman–Crippen LogP) is 4.12. The lowest BCUT2D eigenvalue weighted by Gasteiger charge is -2.06. The van der Waals surface area contributed by atoms with Gasteiger partial charge in [-0.15, -0.1) is 0 Å². The fourth-order valence-corrected chi connectivity index (χ4v) is 3.40. The van der Waals surface area contributed by atoms with E-state index in [9.17, 15) is 9.59 Å². The van der Waals surface area contributed by atoms with Gasteiger partial charge in [-0.3, -0.25) is 30.1 Å². The van der Waals surface area contributed by atoms with Gasteiger partial charge >= 0.3 is 0 Å². The molecule has 164 valence electrons. The molecular weight excluding hydrogens is 438 g/mol. The molecule has 0 aliphatic rings. The van der Waals surface area contributed by atoms with Crippen molar-refractivity contribution in [3.05, 3.63) is 113 Å². The fourth-order valence-electron chi connectivity index (χ4n) is 3.18. The molecule has 0 bridgehead atoms. The van der Waals surface area contributed by atoms with Crippen LogP contribution < -0.4 is 10.9 Å². The first-order valence-corrected chi connectivity index (χ1v) is 10.5. The standard InChI is InChI=1S/C25H20ClN5O2/c26-22-11-5-4-10-21(22)25(33)29-28-23(32)13-12-20-17-31(16-18-7-2-1-3-8-18)30-24(20)19-9-6-14-27-15-19/h1-15,17H,16H2,(H,28,32)(H,29,33)/b13-12+. The highest BCUT2D eigenvalue weighted by atomic mass is 35.5. The third-order valence-corrected chi connectivity index (χ3v) is 5.07. The zero-order valence-corrected chi connectivity index (χ0v) is 18.2. The van der Waals surface area contributed by atoms with Gasteiger partial charge in [0.15, 0.2) is 0 Å². The van der Waals surface area contributed by atoms with Crippen LogP contribution in [0.2, 0.25) is 5.02 Å². The zero-order valence-electron chi connectivity index (χ0n) is 17.5. The Labute approximate surface area is 195 Å². The van der Waals surface area contributed by atoms with Crippen molar-refractivity contribution in [3.63, 3.8) is 0 Å². The lowest BCUT2D eigenvalue weighted by Crippen LogP contribution is -2.40. The highest BCUT2D eigenvalue weighted by molar-refractivity contribution is 6.33. The Morgan fingerprint density at radius 3 is 2.52 bits per heavy atom. The Balaban J connectivity index is 1.49. The molecule has 0 unspecified atom stereocenters. The average Bonchev–Trinajstić information content (AvgIpc) is 3.25. The van der Waals surface area contributed by atoms with Crippen molar-refractivity contribution in [2.45, 2.75) is 6.54 Å². The number of benzene rings is 2. The van der Waals surface area contributed by atoms with Crippen LogP contribution in [0.4, 0.5) is 0 Å². The van der Waals surface area contributed by atoms with E-state index in [-0.39, 0.29) is 5.56 Å². The summed E-state index contributed by atoms with van der Waals surface area (Å²) in [6, 6.07) is 20.3. The van der Waals surface area contributed by atoms with E-state index in [1.54, 1.807) is 42.7 Å². The second-order valence-corrected chi connectivity index (χ2v) is 7.52. The molecule has 0 saturated heterocycles. The number of carbonyl (C=O) groups excluding carboxylic acids is 2. The van der Waals surface area contributed by atoms with Gasteiger partial charge in [0.05, 0.1) is 17.1 Å². The second kappa shape index (κ2) is 10.4. The number of hydrogen-bond donors (Lipinski definition) is 2. The molecule has 2 aromatic heterocycles. The van der Waals surface area contributed by atoms with E-state index >= 15 is 0 Å². The summed E-state index contributed by atoms with van der Waals surface area (Å²) < 4.78 is 1.81. The summed E-state index contributed by atoms with van der Waals surface area (Å²) in [6.45, 7) is 0.585. The highest BCUT2D eigenvalue weighted by Crippen LogP contribution is 2.23. The third-order valence-electron chi connectivity index (χ3n) is 4.74. The van der Waals surface area contributed by atoms with Crippen LogP contribution >= 0.6 is 11.6 Å². The topological polar surface area (TPSA) is 88.9 Å². The van der Waals surface area contributed by atoms with E-state index in [1.165, 1.54) is 6.08 Å². The van der Waals surface area contributed by atoms with Crippen LogP contribution in [0.5, 0.6) is 0 Å². The van der Waals surface area contributed by atoms with Crippen LogP contribution in [0.3, 0.4) is 0 Å². The summed E-state index contributed by atoms with van der Waals surface area (Å²) >= 11 is 6.01. The molecule has 2 N–H and O–H groups in total. The summed E-state index contributed by atoms with van der Waals surface area (Å²) in [5.74, 6) is -1.00. The van der Waals surface area contributed by atoms with Gasteiger partial charge in [-0.1, -0.05) is 54.1 Å². The highest BCUT2D eigenvalue weighted by Gasteiger charge is 2.12. The Hall–Kier alpha value is -4.23. The van der Waals surface area contributed by atoms with Crippen molar-refractivity contribution in [1.82, 2.24) is 25.6 Å². The Morgan fingerprint density at radius 1 is 0.970 bits per heavy atom. The first-order valence-electron chi connectivity index (χ1n) is 10.1. The van der Waals surface area contributed by atoms with Crippen molar-refractivity contribution in [2.24, 2.45) is 0 Å². The smallest absolute Gasteiger partial charge is 0.268 e. The molecule has 4 rings (SSSR count). The summed E-state index contributed by atoms with van der Waals surface area (Å²) in [4.78, 5) is 28.7. The summed E-state index contributed by atoms with van der Waals surface area (Å²) in [6.07, 6.45) is 8.25. The quantitative estimate of drug-likeness (QED) is 0.336. The minimum absolute atomic E-state index is 0.268. The van der Waals surface area contributed by atoms with E-state index in [0.717, 1.165) is 16.7 Å². The van der Waals surface area contributed by atoms with Gasteiger partial charge in [0.2, 0.25) is 0 Å². The number of nitrogens with zero attached hydrogens (tertiary/aromatic N) is 3. The number of halogens is 1. The Morgan fingerprint density at radius 2 is 1.76 bits per heavy atom. The Kier molecular flexibility index (Phi) is 6.92. The summed E-state index contributed by atoms with van der Waals surface area (Å²) in [7, 11) is 0. The van der Waals surface area contributed by atoms with Crippen molar-refractivity contribution in [3.8, 4) is 11.3 Å². The monoisotopic (exact) mass is 457 g/mol. The van der Waals surface area contributed by atoms with E-state index < -0.39 is 11.8 Å². The molecular formula is C25H20ClN5O2. The third kappa shape index (κ3) is 5.72. The molecule has 7 nitrogen and oxygen atoms in total. The molecule has 0 radical (unpaired) electrons. The van der Waals surface area contributed by atoms with Crippen LogP contribution in [0.1, 0.15) is 21.5 Å². The van der Waals surface area contributed by atoms with Crippen LogP contribution in [0.15, 0.2) is 91.4 Å². The normalized spacial score (nSPS) is 10.8. The van der Waals surface area contributed by atoms with E-state index in [0.29, 0.717) is 17.3 Å². The van der Waals surface area contributed by atoms with Crippen LogP contribution in [0.25, 0.3) is 17.3 Å². The molecule has 0 aliphatic carbocycles. The molecule has 0 fully saturated rings. The average molecular weight is 458 g/mol. The van der Waals surface area contributed by atoms with Gasteiger partial charge in [-0.25, -0.2) is 0 Å². The molecule has 8 heteroatoms. The number of hydrogen-bond acceptors (Lipinski definition) is 4. The first-order chi connectivity index (χ1) is 16.1. The van der Waals surface area contributed by atoms with Gasteiger partial charge in [-0.2, -0.15) is 5.10 Å². The molecule has 2 aromatic carbocycles. The number of nitrogens with one attached hydrogen (secondary N) is 2. The van der Waals surface area contributed by atoms with Crippen molar-refractivity contribution in [1.29, 1.82) is 0 Å². The minimum atomic E-state index is -0.505. The Bertz CT molecular complexity index is 1290. The SMILES string of the molecule is O=C(/C=C/c1cn(Cc2ccccc2)nc1-c1cccnc1)NNC(=O)c1ccccc1Cl. The van der Waals surface area contributed by atoms with Gasteiger partial charge < -0.3 is 0 Å². The van der Waals surface area contributed by atoms with Crippen molar-refractivity contribution >= 4 is 29.5 Å². The van der Waals surface area contributed by atoms with Crippen LogP contribution in [-0.4, -0.2) is 26.6 Å². The summed E-state index contributed by atoms with van der Waals surface area (Å²) in [5, 5.41) is 4.98. The second-order valence-electron chi connectivity index (χ2n) is 7.11. The largest absolute Gasteiger partial charge is 0.271 e. The first kappa shape index (κ1) is 22.0. The minimum Gasteiger partial charge on any atom is -0.268 e. The summed E-state index contributed by atoms with van der Waals surface area (Å²) in [5.41, 5.74) is 8.36. The van der Waals surface area contributed by atoms with Gasteiger partial charge in [0, 0.05) is 35.8 Å². The molecule has 0 aliphatic heterocycles. The zero-order chi connectivity index (χ0) is 23.0. The van der Waals surface area contributed by atoms with Crippen molar-refractivity contribution in [2.75, 3.05) is 0 Å². The molecule has 33 heavy (non-hydrogen) atoms. The maximum Gasteiger partial charge on any atom is 0.271 e. The molecule has 2 heterocycles. The lowest BCUT2D eigenvalue weighted by molar-refractivity contribution is -0.117. The van der Waals surface area contributed by atoms with E-state index in [2.05, 4.69) is 20.9 Å². The van der Waals surface area contributed by atoms with Gasteiger partial charge in [-0.05, 0) is 35.9 Å². The molecule has 0 spiro atoms. The number of rotatable bonds is 6. The maximum absolute atomic E-state index is 12.3. The molecule has 2 amide bonds. The van der Waals surface area contributed by atoms with Crippen LogP contribution in [0, 0.1) is 0 Å². The number of aromatic nitrogens is 3. The fraction of sp³-hybridized carbons (Fsp3) is 0.0400.